The second-order valence-corrected chi connectivity index (χ2v) is 8.97. The minimum Gasteiger partial charge on any atom is -0.497 e. The SMILES string of the molecule is COc1ccc(N2C(=O)/C(=C\c3cc4c(cc3F)N(C)C(C)(C)C=C4C)C(=O)NC2=S)cc1. The molecule has 1 N–H and O–H groups in total. The molecule has 8 heteroatoms. The van der Waals surface area contributed by atoms with Gasteiger partial charge >= 0.3 is 0 Å². The molecule has 2 aromatic carbocycles. The van der Waals surface area contributed by atoms with Crippen LogP contribution in [0.15, 0.2) is 48.0 Å². The molecule has 0 radical (unpaired) electrons. The number of rotatable bonds is 3. The Morgan fingerprint density at radius 1 is 1.15 bits per heavy atom. The summed E-state index contributed by atoms with van der Waals surface area (Å²) in [7, 11) is 3.45. The van der Waals surface area contributed by atoms with Gasteiger partial charge in [-0.05, 0) is 81.0 Å². The van der Waals surface area contributed by atoms with E-state index in [-0.39, 0.29) is 21.8 Å². The van der Waals surface area contributed by atoms with Crippen LogP contribution in [0, 0.1) is 5.82 Å². The molecule has 4 rings (SSSR count). The van der Waals surface area contributed by atoms with E-state index in [9.17, 15) is 9.59 Å². The summed E-state index contributed by atoms with van der Waals surface area (Å²) >= 11 is 5.23. The number of amides is 2. The second kappa shape index (κ2) is 8.12. The zero-order chi connectivity index (χ0) is 24.1. The van der Waals surface area contributed by atoms with Gasteiger partial charge < -0.3 is 9.64 Å². The Labute approximate surface area is 197 Å². The summed E-state index contributed by atoms with van der Waals surface area (Å²) in [5, 5.41) is 2.48. The molecule has 2 aliphatic rings. The number of nitrogens with zero attached hydrogens (tertiary/aromatic N) is 2. The number of allylic oxidation sites excluding steroid dienone is 1. The standard InChI is InChI=1S/C25H24FN3O3S/c1-14-13-25(2,3)28(4)21-12-20(26)15(10-18(14)21)11-19-22(30)27-24(33)29(23(19)31)16-6-8-17(32-5)9-7-16/h6-13H,1-5H3,(H,27,30,33)/b19-11-. The fourth-order valence-electron chi connectivity index (χ4n) is 4.08. The predicted molar refractivity (Wildman–Crippen MR) is 132 cm³/mol. The van der Waals surface area contributed by atoms with Crippen LogP contribution in [-0.4, -0.2) is 36.6 Å². The molecule has 2 aromatic rings. The topological polar surface area (TPSA) is 61.9 Å². The summed E-state index contributed by atoms with van der Waals surface area (Å²) in [6, 6.07) is 9.78. The zero-order valence-electron chi connectivity index (χ0n) is 19.0. The third-order valence-electron chi connectivity index (χ3n) is 6.07. The number of likely N-dealkylation sites (N-methyl/N-ethyl adjacent to an activating group) is 1. The summed E-state index contributed by atoms with van der Waals surface area (Å²) in [4.78, 5) is 29.1. The first kappa shape index (κ1) is 22.7. The number of halogens is 1. The number of thiocarbonyl (C=S) groups is 1. The van der Waals surface area contributed by atoms with E-state index in [1.807, 2.05) is 18.9 Å². The quantitative estimate of drug-likeness (QED) is 0.416. The minimum atomic E-state index is -0.669. The lowest BCUT2D eigenvalue weighted by atomic mass is 9.88. The lowest BCUT2D eigenvalue weighted by molar-refractivity contribution is -0.122. The molecule has 0 atom stereocenters. The lowest BCUT2D eigenvalue weighted by Crippen LogP contribution is -2.54. The third-order valence-corrected chi connectivity index (χ3v) is 6.35. The fraction of sp³-hybridized carbons (Fsp3) is 0.240. The minimum absolute atomic E-state index is 0.0409. The number of carbonyl (C=O) groups is 2. The predicted octanol–water partition coefficient (Wildman–Crippen LogP) is 4.30. The molecule has 2 amide bonds. The third kappa shape index (κ3) is 3.91. The molecule has 2 aliphatic heterocycles. The molecular formula is C25H24FN3O3S. The monoisotopic (exact) mass is 465 g/mol. The highest BCUT2D eigenvalue weighted by atomic mass is 32.1. The van der Waals surface area contributed by atoms with Crippen molar-refractivity contribution in [1.29, 1.82) is 0 Å². The van der Waals surface area contributed by atoms with Crippen LogP contribution in [0.4, 0.5) is 15.8 Å². The Balaban J connectivity index is 1.76. The lowest BCUT2D eigenvalue weighted by Gasteiger charge is -2.40. The van der Waals surface area contributed by atoms with Gasteiger partial charge in [-0.3, -0.25) is 19.8 Å². The Morgan fingerprint density at radius 2 is 1.82 bits per heavy atom. The zero-order valence-corrected chi connectivity index (χ0v) is 19.8. The van der Waals surface area contributed by atoms with Gasteiger partial charge in [-0.15, -0.1) is 0 Å². The Morgan fingerprint density at radius 3 is 2.45 bits per heavy atom. The highest BCUT2D eigenvalue weighted by Crippen LogP contribution is 2.39. The van der Waals surface area contributed by atoms with Crippen molar-refractivity contribution in [2.24, 2.45) is 0 Å². The molecular weight excluding hydrogens is 441 g/mol. The van der Waals surface area contributed by atoms with E-state index in [4.69, 9.17) is 17.0 Å². The smallest absolute Gasteiger partial charge is 0.270 e. The molecule has 0 bridgehead atoms. The van der Waals surface area contributed by atoms with Crippen molar-refractivity contribution in [3.05, 3.63) is 65.0 Å². The summed E-state index contributed by atoms with van der Waals surface area (Å²) in [6.07, 6.45) is 3.38. The van der Waals surface area contributed by atoms with Crippen LogP contribution >= 0.6 is 12.2 Å². The molecule has 0 unspecified atom stereocenters. The average molecular weight is 466 g/mol. The van der Waals surface area contributed by atoms with E-state index < -0.39 is 17.6 Å². The molecule has 33 heavy (non-hydrogen) atoms. The number of hydrogen-bond donors (Lipinski definition) is 1. The Kier molecular flexibility index (Phi) is 5.57. The molecule has 170 valence electrons. The van der Waals surface area contributed by atoms with Crippen molar-refractivity contribution in [2.45, 2.75) is 26.3 Å². The van der Waals surface area contributed by atoms with E-state index in [0.717, 1.165) is 16.8 Å². The molecule has 0 aliphatic carbocycles. The van der Waals surface area contributed by atoms with Crippen LogP contribution in [-0.2, 0) is 9.59 Å². The first-order chi connectivity index (χ1) is 15.5. The summed E-state index contributed by atoms with van der Waals surface area (Å²) < 4.78 is 20.3. The fourth-order valence-corrected chi connectivity index (χ4v) is 4.36. The van der Waals surface area contributed by atoms with Crippen molar-refractivity contribution >= 4 is 52.2 Å². The molecule has 0 aromatic heterocycles. The largest absolute Gasteiger partial charge is 0.497 e. The summed E-state index contributed by atoms with van der Waals surface area (Å²) in [5.74, 6) is -1.21. The van der Waals surface area contributed by atoms with Gasteiger partial charge in [0, 0.05) is 23.9 Å². The number of nitrogens with one attached hydrogen (secondary N) is 1. The number of ether oxygens (including phenoxy) is 1. The van der Waals surface area contributed by atoms with E-state index in [2.05, 4.69) is 25.2 Å². The number of anilines is 2. The van der Waals surface area contributed by atoms with Crippen LogP contribution in [0.2, 0.25) is 0 Å². The van der Waals surface area contributed by atoms with E-state index in [1.165, 1.54) is 24.2 Å². The van der Waals surface area contributed by atoms with Crippen LogP contribution in [0.3, 0.4) is 0 Å². The van der Waals surface area contributed by atoms with Crippen molar-refractivity contribution in [3.63, 3.8) is 0 Å². The van der Waals surface area contributed by atoms with Crippen LogP contribution in [0.5, 0.6) is 5.75 Å². The molecule has 6 nitrogen and oxygen atoms in total. The number of methoxy groups -OCH3 is 1. The van der Waals surface area contributed by atoms with Gasteiger partial charge in [-0.25, -0.2) is 4.39 Å². The molecule has 2 heterocycles. The van der Waals surface area contributed by atoms with Gasteiger partial charge in [-0.2, -0.15) is 0 Å². The van der Waals surface area contributed by atoms with Gasteiger partial charge in [0.2, 0.25) is 0 Å². The maximum Gasteiger partial charge on any atom is 0.270 e. The van der Waals surface area contributed by atoms with Crippen LogP contribution < -0.4 is 19.9 Å². The molecule has 0 spiro atoms. The van der Waals surface area contributed by atoms with Gasteiger partial charge in [0.1, 0.15) is 17.1 Å². The average Bonchev–Trinajstić information content (AvgIpc) is 2.75. The summed E-state index contributed by atoms with van der Waals surface area (Å²) in [6.45, 7) is 6.06. The van der Waals surface area contributed by atoms with Gasteiger partial charge in [-0.1, -0.05) is 6.08 Å². The number of fused-ring (bicyclic) bond motifs is 1. The van der Waals surface area contributed by atoms with E-state index >= 15 is 4.39 Å². The number of carbonyl (C=O) groups excluding carboxylic acids is 2. The van der Waals surface area contributed by atoms with E-state index in [1.54, 1.807) is 30.3 Å². The van der Waals surface area contributed by atoms with Crippen LogP contribution in [0.25, 0.3) is 11.6 Å². The highest BCUT2D eigenvalue weighted by Gasteiger charge is 2.35. The van der Waals surface area contributed by atoms with Crippen molar-refractivity contribution in [2.75, 3.05) is 24.0 Å². The second-order valence-electron chi connectivity index (χ2n) is 8.59. The summed E-state index contributed by atoms with van der Waals surface area (Å²) in [5.41, 5.74) is 2.73. The van der Waals surface area contributed by atoms with Gasteiger partial charge in [0.05, 0.1) is 18.3 Å². The van der Waals surface area contributed by atoms with Crippen molar-refractivity contribution in [1.82, 2.24) is 5.32 Å². The Hall–Kier alpha value is -3.52. The number of hydrogen-bond acceptors (Lipinski definition) is 5. The van der Waals surface area contributed by atoms with Crippen molar-refractivity contribution in [3.8, 4) is 5.75 Å². The molecule has 1 fully saturated rings. The van der Waals surface area contributed by atoms with Crippen molar-refractivity contribution < 1.29 is 18.7 Å². The maximum absolute atomic E-state index is 15.1. The maximum atomic E-state index is 15.1. The highest BCUT2D eigenvalue weighted by molar-refractivity contribution is 7.80. The van der Waals surface area contributed by atoms with E-state index in [0.29, 0.717) is 11.4 Å². The normalized spacial score (nSPS) is 18.8. The van der Waals surface area contributed by atoms with Crippen LogP contribution in [0.1, 0.15) is 31.9 Å². The number of benzene rings is 2. The first-order valence-electron chi connectivity index (χ1n) is 10.4. The van der Waals surface area contributed by atoms with Gasteiger partial charge in [0.15, 0.2) is 5.11 Å². The molecule has 1 saturated heterocycles. The Bertz CT molecular complexity index is 1250. The van der Waals surface area contributed by atoms with Gasteiger partial charge in [0.25, 0.3) is 11.8 Å². The molecule has 0 saturated carbocycles. The first-order valence-corrected chi connectivity index (χ1v) is 10.8.